The van der Waals surface area contributed by atoms with Gasteiger partial charge < -0.3 is 25.3 Å². The molecule has 0 radical (unpaired) electrons. The summed E-state index contributed by atoms with van der Waals surface area (Å²) in [5.41, 5.74) is 20.5. The van der Waals surface area contributed by atoms with Crippen molar-refractivity contribution in [3.8, 4) is 51.0 Å². The highest BCUT2D eigenvalue weighted by Crippen LogP contribution is 2.42. The fourth-order valence-electron chi connectivity index (χ4n) is 16.4. The Labute approximate surface area is 752 Å². The molecule has 0 fully saturated rings. The van der Waals surface area contributed by atoms with Gasteiger partial charge in [0, 0.05) is 77.5 Å². The third kappa shape index (κ3) is 17.5. The van der Waals surface area contributed by atoms with Crippen molar-refractivity contribution in [1.82, 2.24) is 59.0 Å². The second kappa shape index (κ2) is 37.0. The third-order valence-electron chi connectivity index (χ3n) is 23.0. The van der Waals surface area contributed by atoms with Crippen molar-refractivity contribution >= 4 is 102 Å². The summed E-state index contributed by atoms with van der Waals surface area (Å²) < 4.78 is 49.9. The van der Waals surface area contributed by atoms with Gasteiger partial charge in [0.25, 0.3) is 51.4 Å². The Morgan fingerprint density at radius 3 is 1.02 bits per heavy atom. The van der Waals surface area contributed by atoms with E-state index in [0.717, 1.165) is 50.4 Å². The van der Waals surface area contributed by atoms with E-state index < -0.39 is 21.8 Å². The van der Waals surface area contributed by atoms with E-state index in [1.165, 1.54) is 45.4 Å². The second-order valence-electron chi connectivity index (χ2n) is 31.3. The molecule has 28 heteroatoms. The number of ether oxygens (including phenoxy) is 3. The summed E-state index contributed by atoms with van der Waals surface area (Å²) in [6.45, 7) is 1.86. The normalized spacial score (nSPS) is 12.7. The first-order valence-electron chi connectivity index (χ1n) is 42.1. The van der Waals surface area contributed by atoms with Crippen LogP contribution < -0.4 is 30.0 Å². The number of carbonyl (C=O) groups is 7. The Balaban J connectivity index is 0.000000133. The van der Waals surface area contributed by atoms with Crippen LogP contribution in [0.15, 0.2) is 321 Å². The van der Waals surface area contributed by atoms with Crippen LogP contribution in [0.1, 0.15) is 106 Å². The highest BCUT2D eigenvalue weighted by Gasteiger charge is 2.43. The highest BCUT2D eigenvalue weighted by atomic mass is 32.2. The van der Waals surface area contributed by atoms with Gasteiger partial charge in [0.1, 0.15) is 34.3 Å². The lowest BCUT2D eigenvalue weighted by atomic mass is 10.0. The SMILES string of the molecule is COc1ccc(Cn2nc(-c3cccc(N)c3)c3c4c(cnc32)C(=O)N(CCc2ccccc2)C4=O)cc1.COc1ccc(Cn2nc(-c3cccc(NC(=O)c4ccccc4)c3)c3c4c(cnc32)C(=O)N(CCc2ccccc2)C4=O)cc1.COc1ccc(Cn2nc(-c3cccc(NS(=O)(=O)c4ccccc4)c3)c3c4c(cnc32)C(=O)N(CCc2ccccc2)C4=O)cc1. The number of benzene rings is 11. The molecule has 17 aromatic rings. The number of nitrogens with one attached hydrogen (secondary N) is 2. The lowest BCUT2D eigenvalue weighted by Gasteiger charge is -2.13. The number of rotatable bonds is 26. The second-order valence-corrected chi connectivity index (χ2v) is 33.0. The van der Waals surface area contributed by atoms with Gasteiger partial charge in [-0.05, 0) is 150 Å². The molecular weight excluding hydrogens is 1670 g/mol. The third-order valence-corrected chi connectivity index (χ3v) is 24.4. The molecule has 0 atom stereocenters. The number of nitrogens with two attached hydrogens (primary N) is 1. The largest absolute Gasteiger partial charge is 0.497 e. The number of hydrogen-bond acceptors (Lipinski definition) is 19. The summed E-state index contributed by atoms with van der Waals surface area (Å²) >= 11 is 0. The number of sulfonamides is 1. The quantitative estimate of drug-likeness (QED) is 0.0335. The minimum absolute atomic E-state index is 0.126. The van der Waals surface area contributed by atoms with Gasteiger partial charge >= 0.3 is 0 Å². The van der Waals surface area contributed by atoms with Crippen LogP contribution in [0.5, 0.6) is 17.2 Å². The predicted molar refractivity (Wildman–Crippen MR) is 498 cm³/mol. The molecular formula is C103H83N15O12S. The number of amides is 7. The van der Waals surface area contributed by atoms with Gasteiger partial charge in [-0.15, -0.1) is 0 Å². The zero-order valence-corrected chi connectivity index (χ0v) is 72.0. The molecule has 20 rings (SSSR count). The van der Waals surface area contributed by atoms with E-state index in [0.29, 0.717) is 140 Å². The Kier molecular flexibility index (Phi) is 24.0. The number of pyridine rings is 3. The lowest BCUT2D eigenvalue weighted by Crippen LogP contribution is -2.31. The van der Waals surface area contributed by atoms with Gasteiger partial charge in [-0.25, -0.2) is 37.4 Å². The molecule has 3 aliphatic rings. The zero-order chi connectivity index (χ0) is 90.4. The van der Waals surface area contributed by atoms with Crippen molar-refractivity contribution in [3.63, 3.8) is 0 Å². The molecule has 3 aliphatic heterocycles. The van der Waals surface area contributed by atoms with Crippen LogP contribution in [0.25, 0.3) is 66.9 Å². The number of methoxy groups -OCH3 is 3. The van der Waals surface area contributed by atoms with E-state index in [4.69, 9.17) is 35.2 Å². The van der Waals surface area contributed by atoms with Crippen LogP contribution in [-0.4, -0.2) is 150 Å². The Morgan fingerprint density at radius 2 is 0.672 bits per heavy atom. The fourth-order valence-corrected chi connectivity index (χ4v) is 17.4. The van der Waals surface area contributed by atoms with Crippen molar-refractivity contribution in [3.05, 3.63) is 388 Å². The minimum Gasteiger partial charge on any atom is -0.497 e. The number of imide groups is 3. The Hall–Kier alpha value is -16.9. The highest BCUT2D eigenvalue weighted by molar-refractivity contribution is 7.92. The monoisotopic (exact) mass is 1750 g/mol. The van der Waals surface area contributed by atoms with E-state index in [-0.39, 0.29) is 76.3 Å². The first-order chi connectivity index (χ1) is 63.8. The summed E-state index contributed by atoms with van der Waals surface area (Å²) in [7, 11) is 0.978. The molecule has 27 nitrogen and oxygen atoms in total. The van der Waals surface area contributed by atoms with E-state index >= 15 is 0 Å². The van der Waals surface area contributed by atoms with E-state index in [2.05, 4.69) is 25.0 Å². The maximum absolute atomic E-state index is 14.0. The van der Waals surface area contributed by atoms with Gasteiger partial charge in [-0.1, -0.05) is 200 Å². The average molecular weight is 1750 g/mol. The first-order valence-corrected chi connectivity index (χ1v) is 43.6. The van der Waals surface area contributed by atoms with Crippen LogP contribution in [0.3, 0.4) is 0 Å². The molecule has 4 N–H and O–H groups in total. The summed E-state index contributed by atoms with van der Waals surface area (Å²) in [6, 6.07) is 90.6. The summed E-state index contributed by atoms with van der Waals surface area (Å²) in [5.74, 6) is -0.275. The number of aromatic nitrogens is 9. The molecule has 0 saturated carbocycles. The van der Waals surface area contributed by atoms with Crippen molar-refractivity contribution in [2.75, 3.05) is 56.7 Å². The number of fused-ring (bicyclic) bond motifs is 9. The standard InChI is InChI=1S/C37H29N5O4.C36H29N5O5S.C30H25N5O3/c1-46-29-17-15-25(16-18-29)23-42-34-32(31-30(22-38-34)36(44)41(37(31)45)20-19-24-9-4-2-5-10-24)33(40-42)27-13-8-14-28(21-27)39-35(43)26-11-6-3-7-12-26;1-46-28-17-15-25(16-18-28)23-41-34-32(31-30(22-37-34)35(42)40(36(31)43)20-19-24-9-4-2-5-10-24)33(38-41)26-11-8-12-27(21-26)39-47(44,45)29-13-6-3-7-14-29;1-38-23-12-10-20(11-13-23)18-35-28-26(27(33-35)21-8-5-9-22(31)16-21)25-24(17-32-28)29(36)34(30(25)37)15-14-19-6-3-2-4-7-19/h2-18,21-22H,19-20,23H2,1H3,(H,39,43);2-18,21-22,39H,19-20,23H2,1H3;2-13,16-17H,14-15,18,31H2,1H3. The van der Waals surface area contributed by atoms with Gasteiger partial charge in [0.2, 0.25) is 0 Å². The van der Waals surface area contributed by atoms with Crippen LogP contribution in [-0.2, 0) is 48.9 Å². The Bertz CT molecular complexity index is 7390. The molecule has 7 amide bonds. The van der Waals surface area contributed by atoms with Crippen molar-refractivity contribution in [2.45, 2.75) is 43.8 Å². The van der Waals surface area contributed by atoms with Crippen molar-refractivity contribution < 1.29 is 56.2 Å². The maximum Gasteiger partial charge on any atom is 0.263 e. The number of nitrogens with zero attached hydrogens (tertiary/aromatic N) is 12. The molecule has 0 unspecified atom stereocenters. The summed E-state index contributed by atoms with van der Waals surface area (Å²) in [5, 5.41) is 19.2. The zero-order valence-electron chi connectivity index (χ0n) is 71.1. The molecule has 0 aliphatic carbocycles. The van der Waals surface area contributed by atoms with Crippen LogP contribution >= 0.6 is 0 Å². The summed E-state index contributed by atoms with van der Waals surface area (Å²) in [6.07, 6.45) is 6.04. The number of hydrogen-bond donors (Lipinski definition) is 3. The van der Waals surface area contributed by atoms with Crippen LogP contribution in [0, 0.1) is 0 Å². The van der Waals surface area contributed by atoms with E-state index in [1.54, 1.807) is 102 Å². The lowest BCUT2D eigenvalue weighted by molar-refractivity contribution is 0.0641. The van der Waals surface area contributed by atoms with Gasteiger partial charge in [0.15, 0.2) is 16.9 Å². The average Bonchev–Trinajstić information content (AvgIpc) is 1.58. The Morgan fingerprint density at radius 1 is 0.351 bits per heavy atom. The fraction of sp³-hybridized carbons (Fsp3) is 0.117. The van der Waals surface area contributed by atoms with Gasteiger partial charge in [-0.3, -0.25) is 53.0 Å². The van der Waals surface area contributed by atoms with Crippen molar-refractivity contribution in [2.24, 2.45) is 0 Å². The molecule has 131 heavy (non-hydrogen) atoms. The number of nitrogen functional groups attached to an aromatic ring is 1. The molecule has 648 valence electrons. The topological polar surface area (TPSA) is 333 Å². The van der Waals surface area contributed by atoms with E-state index in [9.17, 15) is 42.0 Å². The van der Waals surface area contributed by atoms with Crippen LogP contribution in [0.2, 0.25) is 0 Å². The van der Waals surface area contributed by atoms with Gasteiger partial charge in [-0.2, -0.15) is 15.3 Å². The molecule has 0 saturated heterocycles. The molecule has 6 aromatic heterocycles. The molecule has 0 spiro atoms. The first kappa shape index (κ1) is 84.9. The number of carbonyl (C=O) groups excluding carboxylic acids is 7. The number of anilines is 3. The predicted octanol–water partition coefficient (Wildman–Crippen LogP) is 16.6. The molecule has 9 heterocycles. The molecule has 11 aromatic carbocycles. The maximum atomic E-state index is 14.0. The smallest absolute Gasteiger partial charge is 0.263 e. The van der Waals surface area contributed by atoms with E-state index in [1.807, 2.05) is 218 Å². The minimum atomic E-state index is -3.86. The molecule has 0 bridgehead atoms. The van der Waals surface area contributed by atoms with Gasteiger partial charge in [0.05, 0.1) is 95.4 Å². The summed E-state index contributed by atoms with van der Waals surface area (Å²) in [4.78, 5) is 113. The van der Waals surface area contributed by atoms with Crippen molar-refractivity contribution in [1.29, 1.82) is 0 Å². The van der Waals surface area contributed by atoms with Crippen LogP contribution in [0.4, 0.5) is 17.1 Å².